The zero-order valence-corrected chi connectivity index (χ0v) is 16.5. The molecule has 5 nitrogen and oxygen atoms in total. The Morgan fingerprint density at radius 1 is 1.21 bits per heavy atom. The SMILES string of the molecule is CC(=NNC(=O)CNc1ccc(Cl)cc1)c1cc(Br)c(O)c(Br)c1. The topological polar surface area (TPSA) is 73.7 Å². The number of hydrazone groups is 1. The van der Waals surface area contributed by atoms with Gasteiger partial charge in [0.05, 0.1) is 21.2 Å². The van der Waals surface area contributed by atoms with Gasteiger partial charge in [-0.05, 0) is 80.7 Å². The first-order chi connectivity index (χ1) is 11.4. The smallest absolute Gasteiger partial charge is 0.259 e. The number of carbonyl (C=O) groups excluding carboxylic acids is 1. The molecule has 2 aromatic carbocycles. The number of aromatic hydroxyl groups is 1. The molecule has 24 heavy (non-hydrogen) atoms. The quantitative estimate of drug-likeness (QED) is 0.440. The number of carbonyl (C=O) groups is 1. The summed E-state index contributed by atoms with van der Waals surface area (Å²) < 4.78 is 1.08. The van der Waals surface area contributed by atoms with Crippen LogP contribution in [0.25, 0.3) is 0 Å². The fraction of sp³-hybridized carbons (Fsp3) is 0.125. The molecule has 0 bridgehead atoms. The molecule has 0 saturated heterocycles. The van der Waals surface area contributed by atoms with Crippen LogP contribution in [0.4, 0.5) is 5.69 Å². The van der Waals surface area contributed by atoms with Gasteiger partial charge in [-0.15, -0.1) is 0 Å². The average molecular weight is 476 g/mol. The lowest BCUT2D eigenvalue weighted by atomic mass is 10.1. The van der Waals surface area contributed by atoms with Gasteiger partial charge in [0.1, 0.15) is 5.75 Å². The van der Waals surface area contributed by atoms with Crippen molar-refractivity contribution in [1.82, 2.24) is 5.43 Å². The van der Waals surface area contributed by atoms with Gasteiger partial charge in [-0.3, -0.25) is 4.79 Å². The molecule has 0 fully saturated rings. The summed E-state index contributed by atoms with van der Waals surface area (Å²) in [5.41, 5.74) is 4.65. The number of halogens is 3. The van der Waals surface area contributed by atoms with E-state index in [1.807, 2.05) is 0 Å². The predicted molar refractivity (Wildman–Crippen MR) is 104 cm³/mol. The maximum Gasteiger partial charge on any atom is 0.259 e. The summed E-state index contributed by atoms with van der Waals surface area (Å²) in [5.74, 6) is -0.163. The molecule has 0 atom stereocenters. The standard InChI is InChI=1S/C16H14Br2ClN3O2/c1-9(10-6-13(17)16(24)14(18)7-10)21-22-15(23)8-20-12-4-2-11(19)3-5-12/h2-7,20,24H,8H2,1H3,(H,22,23). The lowest BCUT2D eigenvalue weighted by molar-refractivity contribution is -0.119. The minimum atomic E-state index is -0.277. The van der Waals surface area contributed by atoms with E-state index in [1.165, 1.54) is 0 Å². The number of hydrogen-bond donors (Lipinski definition) is 3. The predicted octanol–water partition coefficient (Wildman–Crippen LogP) is 4.52. The maximum absolute atomic E-state index is 11.8. The Hall–Kier alpha value is -1.57. The highest BCUT2D eigenvalue weighted by atomic mass is 79.9. The third-order valence-electron chi connectivity index (χ3n) is 3.08. The number of benzene rings is 2. The van der Waals surface area contributed by atoms with E-state index in [2.05, 4.69) is 47.7 Å². The van der Waals surface area contributed by atoms with E-state index in [-0.39, 0.29) is 18.2 Å². The van der Waals surface area contributed by atoms with Crippen molar-refractivity contribution in [3.63, 3.8) is 0 Å². The normalized spacial score (nSPS) is 11.2. The summed E-state index contributed by atoms with van der Waals surface area (Å²) in [7, 11) is 0. The minimum Gasteiger partial charge on any atom is -0.506 e. The molecule has 8 heteroatoms. The number of nitrogens with zero attached hydrogens (tertiary/aromatic N) is 1. The first-order valence-electron chi connectivity index (χ1n) is 6.88. The third-order valence-corrected chi connectivity index (χ3v) is 4.54. The van der Waals surface area contributed by atoms with Gasteiger partial charge >= 0.3 is 0 Å². The second-order valence-electron chi connectivity index (χ2n) is 4.88. The van der Waals surface area contributed by atoms with Crippen molar-refractivity contribution in [2.45, 2.75) is 6.92 Å². The van der Waals surface area contributed by atoms with Crippen molar-refractivity contribution < 1.29 is 9.90 Å². The van der Waals surface area contributed by atoms with Gasteiger partial charge in [-0.25, -0.2) is 5.43 Å². The molecule has 126 valence electrons. The zero-order chi connectivity index (χ0) is 17.7. The van der Waals surface area contributed by atoms with E-state index in [0.29, 0.717) is 19.7 Å². The molecule has 0 aliphatic heterocycles. The van der Waals surface area contributed by atoms with Crippen molar-refractivity contribution in [3.05, 3.63) is 55.9 Å². The number of rotatable bonds is 5. The largest absolute Gasteiger partial charge is 0.506 e. The number of hydrogen-bond acceptors (Lipinski definition) is 4. The molecular formula is C16H14Br2ClN3O2. The number of nitrogens with one attached hydrogen (secondary N) is 2. The summed E-state index contributed by atoms with van der Waals surface area (Å²) in [5, 5.41) is 17.4. The molecule has 0 aliphatic carbocycles. The van der Waals surface area contributed by atoms with E-state index < -0.39 is 0 Å². The number of phenolic OH excluding ortho intramolecular Hbond substituents is 1. The molecule has 2 aromatic rings. The van der Waals surface area contributed by atoms with Crippen molar-refractivity contribution in [2.75, 3.05) is 11.9 Å². The molecule has 0 saturated carbocycles. The van der Waals surface area contributed by atoms with E-state index in [4.69, 9.17) is 11.6 Å². The molecule has 0 radical (unpaired) electrons. The molecule has 0 aliphatic rings. The summed E-state index contributed by atoms with van der Waals surface area (Å²) in [4.78, 5) is 11.8. The van der Waals surface area contributed by atoms with Crippen LogP contribution in [0.3, 0.4) is 0 Å². The molecule has 0 unspecified atom stereocenters. The van der Waals surface area contributed by atoms with Crippen LogP contribution in [-0.2, 0) is 4.79 Å². The molecular weight excluding hydrogens is 461 g/mol. The van der Waals surface area contributed by atoms with Crippen molar-refractivity contribution >= 4 is 60.8 Å². The summed E-state index contributed by atoms with van der Waals surface area (Å²) in [6.07, 6.45) is 0. The Morgan fingerprint density at radius 2 is 1.79 bits per heavy atom. The zero-order valence-electron chi connectivity index (χ0n) is 12.6. The summed E-state index contributed by atoms with van der Waals surface area (Å²) in [6.45, 7) is 1.85. The van der Waals surface area contributed by atoms with Crippen molar-refractivity contribution in [2.24, 2.45) is 5.10 Å². The first kappa shape index (κ1) is 18.8. The lowest BCUT2D eigenvalue weighted by Gasteiger charge is -2.07. The van der Waals surface area contributed by atoms with Crippen LogP contribution in [0.1, 0.15) is 12.5 Å². The van der Waals surface area contributed by atoms with Gasteiger partial charge in [0.2, 0.25) is 0 Å². The maximum atomic E-state index is 11.8. The van der Waals surface area contributed by atoms with Gasteiger partial charge < -0.3 is 10.4 Å². The van der Waals surface area contributed by atoms with Crippen LogP contribution in [0, 0.1) is 0 Å². The highest BCUT2D eigenvalue weighted by molar-refractivity contribution is 9.11. The number of anilines is 1. The van der Waals surface area contributed by atoms with Crippen LogP contribution < -0.4 is 10.7 Å². The molecule has 3 N–H and O–H groups in total. The van der Waals surface area contributed by atoms with Gasteiger partial charge in [0.25, 0.3) is 5.91 Å². The second kappa shape index (κ2) is 8.50. The van der Waals surface area contributed by atoms with E-state index in [1.54, 1.807) is 43.3 Å². The average Bonchev–Trinajstić information content (AvgIpc) is 2.56. The molecule has 0 aromatic heterocycles. The van der Waals surface area contributed by atoms with Crippen LogP contribution in [0.15, 0.2) is 50.4 Å². The number of phenols is 1. The fourth-order valence-corrected chi connectivity index (χ4v) is 3.09. The monoisotopic (exact) mass is 473 g/mol. The Balaban J connectivity index is 1.94. The van der Waals surface area contributed by atoms with Crippen LogP contribution >= 0.6 is 43.5 Å². The molecule has 0 spiro atoms. The molecule has 2 rings (SSSR count). The number of amides is 1. The highest BCUT2D eigenvalue weighted by Crippen LogP contribution is 2.33. The fourth-order valence-electron chi connectivity index (χ4n) is 1.77. The second-order valence-corrected chi connectivity index (χ2v) is 7.03. The lowest BCUT2D eigenvalue weighted by Crippen LogP contribution is -2.26. The van der Waals surface area contributed by atoms with Crippen molar-refractivity contribution in [1.29, 1.82) is 0 Å². The van der Waals surface area contributed by atoms with Crippen LogP contribution in [-0.4, -0.2) is 23.3 Å². The minimum absolute atomic E-state index is 0.0847. The van der Waals surface area contributed by atoms with E-state index in [0.717, 1.165) is 11.3 Å². The van der Waals surface area contributed by atoms with Gasteiger partial charge in [0.15, 0.2) is 0 Å². The van der Waals surface area contributed by atoms with E-state index >= 15 is 0 Å². The third kappa shape index (κ3) is 5.22. The van der Waals surface area contributed by atoms with Crippen LogP contribution in [0.5, 0.6) is 5.75 Å². The van der Waals surface area contributed by atoms with E-state index in [9.17, 15) is 9.90 Å². The van der Waals surface area contributed by atoms with Gasteiger partial charge in [-0.2, -0.15) is 5.10 Å². The summed E-state index contributed by atoms with van der Waals surface area (Å²) in [6, 6.07) is 10.5. The van der Waals surface area contributed by atoms with Crippen LogP contribution in [0.2, 0.25) is 5.02 Å². The van der Waals surface area contributed by atoms with Gasteiger partial charge in [-0.1, -0.05) is 11.6 Å². The first-order valence-corrected chi connectivity index (χ1v) is 8.84. The highest BCUT2D eigenvalue weighted by Gasteiger charge is 2.08. The Morgan fingerprint density at radius 3 is 2.38 bits per heavy atom. The Labute approximate surface area is 161 Å². The van der Waals surface area contributed by atoms with Gasteiger partial charge in [0, 0.05) is 10.7 Å². The van der Waals surface area contributed by atoms with Crippen molar-refractivity contribution in [3.8, 4) is 5.75 Å². The molecule has 1 amide bonds. The summed E-state index contributed by atoms with van der Waals surface area (Å²) >= 11 is 12.3. The molecule has 0 heterocycles. The Bertz CT molecular complexity index is 756. The Kier molecular flexibility index (Phi) is 6.65.